The lowest BCUT2D eigenvalue weighted by Gasteiger charge is -2.19. The minimum Gasteiger partial charge on any atom is -0.493 e. The van der Waals surface area contributed by atoms with Crippen LogP contribution in [-0.4, -0.2) is 13.2 Å². The first-order valence-corrected chi connectivity index (χ1v) is 24.6. The van der Waals surface area contributed by atoms with Gasteiger partial charge in [-0.25, -0.2) is 0 Å². The average Bonchev–Trinajstić information content (AvgIpc) is 3.22. The predicted molar refractivity (Wildman–Crippen MR) is 245 cm³/mol. The van der Waals surface area contributed by atoms with Gasteiger partial charge in [0.2, 0.25) is 0 Å². The lowest BCUT2D eigenvalue weighted by Crippen LogP contribution is -2.13. The summed E-state index contributed by atoms with van der Waals surface area (Å²) >= 11 is 0. The van der Waals surface area contributed by atoms with Crippen molar-refractivity contribution in [2.75, 3.05) is 13.2 Å². The molecule has 0 aliphatic heterocycles. The molecular weight excluding hydrogens is 685 g/mol. The van der Waals surface area contributed by atoms with Gasteiger partial charge >= 0.3 is 0 Å². The number of rotatable bonds is 40. The van der Waals surface area contributed by atoms with Crippen LogP contribution in [0.25, 0.3) is 0 Å². The van der Waals surface area contributed by atoms with Crippen LogP contribution in [0.2, 0.25) is 0 Å². The fourth-order valence-corrected chi connectivity index (χ4v) is 8.11. The van der Waals surface area contributed by atoms with Crippen molar-refractivity contribution >= 4 is 11.4 Å². The summed E-state index contributed by atoms with van der Waals surface area (Å²) in [5, 5.41) is 9.22. The molecule has 0 aliphatic carbocycles. The Kier molecular flexibility index (Phi) is 32.8. The van der Waals surface area contributed by atoms with Gasteiger partial charge in [0.25, 0.3) is 0 Å². The first-order chi connectivity index (χ1) is 27.7. The second kappa shape index (κ2) is 36.9. The van der Waals surface area contributed by atoms with Crippen molar-refractivity contribution in [3.05, 3.63) is 48.5 Å². The van der Waals surface area contributed by atoms with E-state index in [2.05, 4.69) is 50.1 Å². The Labute approximate surface area is 348 Å². The van der Waals surface area contributed by atoms with Crippen molar-refractivity contribution in [1.29, 1.82) is 0 Å². The van der Waals surface area contributed by atoms with Crippen LogP contribution in [0.3, 0.4) is 0 Å². The van der Waals surface area contributed by atoms with Crippen molar-refractivity contribution in [1.82, 2.24) is 0 Å². The van der Waals surface area contributed by atoms with Crippen LogP contribution in [0.4, 0.5) is 11.4 Å². The second-order valence-corrected chi connectivity index (χ2v) is 17.1. The fraction of sp³-hybridized carbons (Fsp3) is 0.769. The highest BCUT2D eigenvalue weighted by Crippen LogP contribution is 2.34. The van der Waals surface area contributed by atoms with Gasteiger partial charge in [-0.3, -0.25) is 0 Å². The maximum Gasteiger partial charge on any atom is 0.150 e. The van der Waals surface area contributed by atoms with E-state index < -0.39 is 0 Å². The zero-order chi connectivity index (χ0) is 40.0. The van der Waals surface area contributed by atoms with E-state index in [0.29, 0.717) is 12.5 Å². The monoisotopic (exact) mass is 775 g/mol. The van der Waals surface area contributed by atoms with Gasteiger partial charge in [0, 0.05) is 6.07 Å². The molecule has 0 saturated carbocycles. The molecule has 1 atom stereocenters. The zero-order valence-electron chi connectivity index (χ0n) is 37.5. The van der Waals surface area contributed by atoms with Crippen LogP contribution in [-0.2, 0) is 0 Å². The standard InChI is InChI=1S/C52H90N2O2/c1-5-9-13-17-21-22-26-29-36-47(35-28-23-18-14-10-6-2)39-34-44-55-52-45-50(42-43-51(52)54-53-49-40-32-27-33-41-49)56-46-48(37-30-24-19-15-11-7-3)38-31-25-20-16-12-8-4/h27,32-33,40-43,45,47-48H,5-26,28-31,34-39,44,46H2,1-4H3/b54-53+. The van der Waals surface area contributed by atoms with Gasteiger partial charge in [-0.1, -0.05) is 226 Å². The van der Waals surface area contributed by atoms with E-state index in [1.54, 1.807) is 0 Å². The molecule has 0 N–H and O–H groups in total. The van der Waals surface area contributed by atoms with Gasteiger partial charge in [-0.05, 0) is 61.8 Å². The molecule has 0 aromatic heterocycles. The Bertz CT molecular complexity index is 1130. The van der Waals surface area contributed by atoms with Gasteiger partial charge in [0.15, 0.2) is 0 Å². The Morgan fingerprint density at radius 1 is 0.411 bits per heavy atom. The van der Waals surface area contributed by atoms with Gasteiger partial charge < -0.3 is 9.47 Å². The summed E-state index contributed by atoms with van der Waals surface area (Å²) in [7, 11) is 0. The molecule has 0 aliphatic rings. The summed E-state index contributed by atoms with van der Waals surface area (Å²) in [6.07, 6.45) is 43.3. The summed E-state index contributed by atoms with van der Waals surface area (Å²) in [6.45, 7) is 10.7. The van der Waals surface area contributed by atoms with E-state index in [1.807, 2.05) is 36.4 Å². The smallest absolute Gasteiger partial charge is 0.150 e. The third-order valence-corrected chi connectivity index (χ3v) is 11.8. The molecule has 1 unspecified atom stereocenters. The first-order valence-electron chi connectivity index (χ1n) is 24.6. The van der Waals surface area contributed by atoms with E-state index in [0.717, 1.165) is 41.8 Å². The fourth-order valence-electron chi connectivity index (χ4n) is 8.11. The number of hydrogen-bond acceptors (Lipinski definition) is 4. The molecule has 0 fully saturated rings. The van der Waals surface area contributed by atoms with Gasteiger partial charge in [-0.15, -0.1) is 5.11 Å². The zero-order valence-corrected chi connectivity index (χ0v) is 37.5. The minimum absolute atomic E-state index is 0.610. The summed E-state index contributed by atoms with van der Waals surface area (Å²) in [5.74, 6) is 3.11. The van der Waals surface area contributed by atoms with Gasteiger partial charge in [0.05, 0.1) is 18.9 Å². The van der Waals surface area contributed by atoms with Crippen LogP contribution in [0.5, 0.6) is 11.5 Å². The first kappa shape index (κ1) is 49.8. The molecule has 320 valence electrons. The maximum atomic E-state index is 6.58. The summed E-state index contributed by atoms with van der Waals surface area (Å²) in [6, 6.07) is 16.2. The summed E-state index contributed by atoms with van der Waals surface area (Å²) in [5.41, 5.74) is 1.63. The van der Waals surface area contributed by atoms with Crippen LogP contribution >= 0.6 is 0 Å². The Hall–Kier alpha value is -2.36. The molecule has 2 aromatic rings. The van der Waals surface area contributed by atoms with Crippen LogP contribution < -0.4 is 9.47 Å². The summed E-state index contributed by atoms with van der Waals surface area (Å²) < 4.78 is 13.2. The van der Waals surface area contributed by atoms with E-state index in [9.17, 15) is 0 Å². The highest BCUT2D eigenvalue weighted by Gasteiger charge is 2.14. The molecule has 0 bridgehead atoms. The Morgan fingerprint density at radius 3 is 1.32 bits per heavy atom. The number of ether oxygens (including phenoxy) is 2. The quantitative estimate of drug-likeness (QED) is 0.0500. The van der Waals surface area contributed by atoms with Crippen LogP contribution in [0.1, 0.15) is 233 Å². The van der Waals surface area contributed by atoms with E-state index in [4.69, 9.17) is 9.47 Å². The number of unbranched alkanes of at least 4 members (excludes halogenated alkanes) is 22. The molecule has 0 radical (unpaired) electrons. The molecule has 2 aromatic carbocycles. The Balaban J connectivity index is 2.02. The highest BCUT2D eigenvalue weighted by atomic mass is 16.5. The molecule has 0 saturated heterocycles. The minimum atomic E-state index is 0.610. The third kappa shape index (κ3) is 27.3. The number of hydrogen-bond donors (Lipinski definition) is 0. The molecule has 4 nitrogen and oxygen atoms in total. The second-order valence-electron chi connectivity index (χ2n) is 17.1. The highest BCUT2D eigenvalue weighted by molar-refractivity contribution is 5.55. The molecule has 4 heteroatoms. The lowest BCUT2D eigenvalue weighted by atomic mass is 9.90. The van der Waals surface area contributed by atoms with Crippen LogP contribution in [0, 0.1) is 11.8 Å². The topological polar surface area (TPSA) is 43.2 Å². The van der Waals surface area contributed by atoms with Crippen molar-refractivity contribution in [3.8, 4) is 11.5 Å². The largest absolute Gasteiger partial charge is 0.493 e. The molecule has 56 heavy (non-hydrogen) atoms. The number of azo groups is 1. The van der Waals surface area contributed by atoms with Gasteiger partial charge in [0.1, 0.15) is 17.2 Å². The number of benzene rings is 2. The lowest BCUT2D eigenvalue weighted by molar-refractivity contribution is 0.222. The van der Waals surface area contributed by atoms with E-state index >= 15 is 0 Å². The molecule has 0 heterocycles. The van der Waals surface area contributed by atoms with E-state index in [1.165, 1.54) is 199 Å². The predicted octanol–water partition coefficient (Wildman–Crippen LogP) is 18.7. The Morgan fingerprint density at radius 2 is 0.839 bits per heavy atom. The van der Waals surface area contributed by atoms with Gasteiger partial charge in [-0.2, -0.15) is 5.11 Å². The normalized spacial score (nSPS) is 12.2. The molecule has 0 spiro atoms. The molecule has 2 rings (SSSR count). The molecular formula is C52H90N2O2. The van der Waals surface area contributed by atoms with Crippen LogP contribution in [0.15, 0.2) is 58.8 Å². The third-order valence-electron chi connectivity index (χ3n) is 11.8. The van der Waals surface area contributed by atoms with Crippen molar-refractivity contribution in [2.45, 2.75) is 233 Å². The van der Waals surface area contributed by atoms with Crippen molar-refractivity contribution < 1.29 is 9.47 Å². The van der Waals surface area contributed by atoms with Crippen molar-refractivity contribution in [2.24, 2.45) is 22.1 Å². The SMILES string of the molecule is CCCCCCCCCCC(CCCCCCCC)CCCOc1cc(OCC(CCCCCCCC)CCCCCCCC)ccc1/N=N/c1ccccc1. The average molecular weight is 775 g/mol. The molecule has 0 amide bonds. The maximum absolute atomic E-state index is 6.58. The van der Waals surface area contributed by atoms with Crippen molar-refractivity contribution in [3.63, 3.8) is 0 Å². The number of nitrogens with zero attached hydrogens (tertiary/aromatic N) is 2. The van der Waals surface area contributed by atoms with E-state index in [-0.39, 0.29) is 0 Å². The summed E-state index contributed by atoms with van der Waals surface area (Å²) in [4.78, 5) is 0.